The van der Waals surface area contributed by atoms with Crippen LogP contribution in [0.15, 0.2) is 58.5 Å². The van der Waals surface area contributed by atoms with Crippen molar-refractivity contribution < 1.29 is 9.59 Å². The van der Waals surface area contributed by atoms with Crippen LogP contribution in [-0.2, 0) is 9.59 Å². The first-order valence-electron chi connectivity index (χ1n) is 9.71. The van der Waals surface area contributed by atoms with Gasteiger partial charge in [-0.1, -0.05) is 61.5 Å². The van der Waals surface area contributed by atoms with Crippen LogP contribution in [0.4, 0.5) is 11.4 Å². The van der Waals surface area contributed by atoms with E-state index in [0.29, 0.717) is 34.1 Å². The Bertz CT molecular complexity index is 1070. The number of nitrogens with zero attached hydrogens (tertiary/aromatic N) is 3. The van der Waals surface area contributed by atoms with Gasteiger partial charge in [0, 0.05) is 5.56 Å². The van der Waals surface area contributed by atoms with Gasteiger partial charge < -0.3 is 5.32 Å². The van der Waals surface area contributed by atoms with E-state index in [-0.39, 0.29) is 17.6 Å². The number of amidine groups is 2. The maximum absolute atomic E-state index is 13.1. The lowest BCUT2D eigenvalue weighted by molar-refractivity contribution is -0.125. The Morgan fingerprint density at radius 1 is 1.20 bits per heavy atom. The fraction of sp³-hybridized carbons (Fsp3) is 0.273. The molecular weight excluding hydrogens is 420 g/mol. The molecule has 2 aliphatic heterocycles. The summed E-state index contributed by atoms with van der Waals surface area (Å²) in [7, 11) is 0. The van der Waals surface area contributed by atoms with Gasteiger partial charge in [-0.25, -0.2) is 9.89 Å². The lowest BCUT2D eigenvalue weighted by Crippen LogP contribution is -2.41. The van der Waals surface area contributed by atoms with E-state index < -0.39 is 6.04 Å². The summed E-state index contributed by atoms with van der Waals surface area (Å²) in [5.41, 5.74) is 2.14. The van der Waals surface area contributed by atoms with Crippen LogP contribution in [-0.4, -0.2) is 39.5 Å². The molecule has 0 aliphatic carbocycles. The third-order valence-electron chi connectivity index (χ3n) is 4.72. The van der Waals surface area contributed by atoms with Gasteiger partial charge in [0.2, 0.25) is 5.91 Å². The smallest absolute Gasteiger partial charge is 0.259 e. The summed E-state index contributed by atoms with van der Waals surface area (Å²) in [4.78, 5) is 36.4. The Hall–Kier alpha value is -2.64. The number of hydrogen-bond acceptors (Lipinski definition) is 5. The standard InChI is InChI=1S/C22H21ClN4O2S/c1-13(2)11-18-21(29)27-20(25-18)14-7-3-5-9-16(14)26-22(27)30-12-19(28)24-17-10-6-4-8-15(17)23/h3-10,13,18H,11-12H2,1-2H3,(H,24,28). The molecule has 1 atom stereocenters. The van der Waals surface area contributed by atoms with E-state index in [4.69, 9.17) is 16.6 Å². The Balaban J connectivity index is 1.55. The Kier molecular flexibility index (Phi) is 5.92. The normalized spacial score (nSPS) is 17.4. The van der Waals surface area contributed by atoms with E-state index in [1.165, 1.54) is 11.8 Å². The fourth-order valence-electron chi connectivity index (χ4n) is 3.38. The minimum atomic E-state index is -0.422. The Morgan fingerprint density at radius 3 is 2.70 bits per heavy atom. The second kappa shape index (κ2) is 8.62. The monoisotopic (exact) mass is 440 g/mol. The molecule has 0 spiro atoms. The van der Waals surface area contributed by atoms with Crippen molar-refractivity contribution in [1.29, 1.82) is 0 Å². The number of rotatable bonds is 5. The van der Waals surface area contributed by atoms with Crippen LogP contribution in [0, 0.1) is 5.92 Å². The van der Waals surface area contributed by atoms with Gasteiger partial charge in [0.1, 0.15) is 11.9 Å². The van der Waals surface area contributed by atoms with Gasteiger partial charge in [0.05, 0.1) is 22.2 Å². The zero-order valence-corrected chi connectivity index (χ0v) is 18.2. The van der Waals surface area contributed by atoms with Crippen LogP contribution in [0.25, 0.3) is 0 Å². The molecule has 154 valence electrons. The van der Waals surface area contributed by atoms with Crippen molar-refractivity contribution in [1.82, 2.24) is 4.90 Å². The van der Waals surface area contributed by atoms with Crippen molar-refractivity contribution in [3.05, 3.63) is 59.1 Å². The molecule has 2 aromatic carbocycles. The Labute approximate surface area is 184 Å². The van der Waals surface area contributed by atoms with Crippen LogP contribution >= 0.6 is 23.4 Å². The van der Waals surface area contributed by atoms with Crippen molar-refractivity contribution >= 4 is 57.6 Å². The average Bonchev–Trinajstić information content (AvgIpc) is 3.04. The molecular formula is C22H21ClN4O2S. The van der Waals surface area contributed by atoms with Crippen molar-refractivity contribution in [2.75, 3.05) is 11.1 Å². The first-order chi connectivity index (χ1) is 14.4. The topological polar surface area (TPSA) is 74.1 Å². The highest BCUT2D eigenvalue weighted by Crippen LogP contribution is 2.34. The van der Waals surface area contributed by atoms with Crippen molar-refractivity contribution in [2.45, 2.75) is 26.3 Å². The summed E-state index contributed by atoms with van der Waals surface area (Å²) in [5.74, 6) is 0.738. The number of fused-ring (bicyclic) bond motifs is 3. The largest absolute Gasteiger partial charge is 0.324 e. The number of carbonyl (C=O) groups excluding carboxylic acids is 2. The second-order valence-electron chi connectivity index (χ2n) is 7.50. The highest BCUT2D eigenvalue weighted by molar-refractivity contribution is 8.14. The van der Waals surface area contributed by atoms with Crippen LogP contribution in [0.1, 0.15) is 25.8 Å². The maximum atomic E-state index is 13.1. The minimum absolute atomic E-state index is 0.0917. The molecule has 2 aromatic rings. The van der Waals surface area contributed by atoms with E-state index in [9.17, 15) is 9.59 Å². The molecule has 0 fully saturated rings. The summed E-state index contributed by atoms with van der Waals surface area (Å²) in [5, 5.41) is 3.74. The third-order valence-corrected chi connectivity index (χ3v) is 5.99. The molecule has 8 heteroatoms. The van der Waals surface area contributed by atoms with E-state index in [0.717, 1.165) is 11.3 Å². The van der Waals surface area contributed by atoms with Crippen LogP contribution in [0.2, 0.25) is 5.02 Å². The number of para-hydroxylation sites is 2. The number of nitrogens with one attached hydrogen (secondary N) is 1. The number of halogens is 1. The number of amides is 2. The van der Waals surface area contributed by atoms with Gasteiger partial charge in [0.15, 0.2) is 5.17 Å². The Morgan fingerprint density at radius 2 is 1.93 bits per heavy atom. The van der Waals surface area contributed by atoms with Gasteiger partial charge >= 0.3 is 0 Å². The zero-order valence-electron chi connectivity index (χ0n) is 16.6. The number of benzene rings is 2. The van der Waals surface area contributed by atoms with Crippen LogP contribution in [0.3, 0.4) is 0 Å². The van der Waals surface area contributed by atoms with E-state index in [1.807, 2.05) is 24.3 Å². The predicted octanol–water partition coefficient (Wildman–Crippen LogP) is 4.72. The van der Waals surface area contributed by atoms with Gasteiger partial charge in [0.25, 0.3) is 5.91 Å². The lowest BCUT2D eigenvalue weighted by atomic mass is 10.0. The minimum Gasteiger partial charge on any atom is -0.324 e. The number of aliphatic imine (C=N–C) groups is 2. The quantitative estimate of drug-likeness (QED) is 0.731. The first-order valence-corrected chi connectivity index (χ1v) is 11.1. The molecule has 6 nitrogen and oxygen atoms in total. The number of hydrogen-bond donors (Lipinski definition) is 1. The molecule has 2 amide bonds. The van der Waals surface area contributed by atoms with E-state index >= 15 is 0 Å². The number of thioether (sulfide) groups is 1. The maximum Gasteiger partial charge on any atom is 0.259 e. The molecule has 2 heterocycles. The van der Waals surface area contributed by atoms with Gasteiger partial charge in [-0.2, -0.15) is 0 Å². The van der Waals surface area contributed by atoms with Crippen molar-refractivity contribution in [2.24, 2.45) is 15.9 Å². The number of carbonyl (C=O) groups is 2. The molecule has 4 rings (SSSR count). The fourth-order valence-corrected chi connectivity index (χ4v) is 4.36. The molecule has 0 radical (unpaired) electrons. The summed E-state index contributed by atoms with van der Waals surface area (Å²) in [6, 6.07) is 14.2. The molecule has 1 N–H and O–H groups in total. The molecule has 0 aromatic heterocycles. The summed E-state index contributed by atoms with van der Waals surface area (Å²) < 4.78 is 0. The molecule has 2 aliphatic rings. The van der Waals surface area contributed by atoms with Gasteiger partial charge in [-0.3, -0.25) is 14.6 Å². The summed E-state index contributed by atoms with van der Waals surface area (Å²) in [6.07, 6.45) is 0.673. The second-order valence-corrected chi connectivity index (χ2v) is 8.85. The highest BCUT2D eigenvalue weighted by Gasteiger charge is 2.41. The molecule has 0 bridgehead atoms. The van der Waals surface area contributed by atoms with Crippen LogP contribution < -0.4 is 5.32 Å². The summed E-state index contributed by atoms with van der Waals surface area (Å²) in [6.45, 7) is 4.14. The van der Waals surface area contributed by atoms with Crippen molar-refractivity contribution in [3.63, 3.8) is 0 Å². The third kappa shape index (κ3) is 4.13. The molecule has 1 unspecified atom stereocenters. The number of anilines is 1. The van der Waals surface area contributed by atoms with E-state index in [1.54, 1.807) is 29.2 Å². The van der Waals surface area contributed by atoms with Crippen LogP contribution in [0.5, 0.6) is 0 Å². The van der Waals surface area contributed by atoms with Crippen molar-refractivity contribution in [3.8, 4) is 0 Å². The lowest BCUT2D eigenvalue weighted by Gasteiger charge is -2.25. The molecule has 0 saturated carbocycles. The predicted molar refractivity (Wildman–Crippen MR) is 123 cm³/mol. The molecule has 0 saturated heterocycles. The average molecular weight is 441 g/mol. The van der Waals surface area contributed by atoms with Gasteiger partial charge in [-0.15, -0.1) is 0 Å². The first kappa shape index (κ1) is 20.6. The zero-order chi connectivity index (χ0) is 21.3. The highest BCUT2D eigenvalue weighted by atomic mass is 35.5. The summed E-state index contributed by atoms with van der Waals surface area (Å²) >= 11 is 7.32. The van der Waals surface area contributed by atoms with Gasteiger partial charge in [-0.05, 0) is 36.6 Å². The van der Waals surface area contributed by atoms with E-state index in [2.05, 4.69) is 24.2 Å². The SMILES string of the molecule is CC(C)CC1N=C2c3ccccc3N=C(SCC(=O)Nc3ccccc3Cl)N2C1=O. The molecule has 30 heavy (non-hydrogen) atoms.